The summed E-state index contributed by atoms with van der Waals surface area (Å²) in [6, 6.07) is 7.64. The van der Waals surface area contributed by atoms with E-state index in [1.54, 1.807) is 6.92 Å². The first kappa shape index (κ1) is 25.6. The molecule has 34 heavy (non-hydrogen) atoms. The lowest BCUT2D eigenvalue weighted by molar-refractivity contribution is -0.274. The number of nitrogens with one attached hydrogen (secondary N) is 2. The van der Waals surface area contributed by atoms with Gasteiger partial charge >= 0.3 is 6.36 Å². The first-order valence-corrected chi connectivity index (χ1v) is 12.0. The van der Waals surface area contributed by atoms with E-state index < -0.39 is 22.1 Å². The fraction of sp³-hybridized carbons (Fsp3) is 0.409. The van der Waals surface area contributed by atoms with Crippen molar-refractivity contribution in [1.29, 1.82) is 0 Å². The van der Waals surface area contributed by atoms with Crippen LogP contribution in [-0.2, 0) is 19.6 Å². The first-order chi connectivity index (χ1) is 16.0. The Kier molecular flexibility index (Phi) is 7.93. The van der Waals surface area contributed by atoms with Gasteiger partial charge in [0, 0.05) is 37.0 Å². The van der Waals surface area contributed by atoms with Crippen LogP contribution in [0, 0.1) is 12.8 Å². The van der Waals surface area contributed by atoms with Crippen molar-refractivity contribution in [3.8, 4) is 11.5 Å². The lowest BCUT2D eigenvalue weighted by atomic mass is 9.99. The van der Waals surface area contributed by atoms with E-state index >= 15 is 0 Å². The third-order valence-electron chi connectivity index (χ3n) is 5.06. The van der Waals surface area contributed by atoms with Crippen molar-refractivity contribution < 1.29 is 40.6 Å². The van der Waals surface area contributed by atoms with E-state index in [9.17, 15) is 26.4 Å². The number of hydrogen-bond donors (Lipinski definition) is 2. The Hall–Kier alpha value is -2.99. The molecule has 1 heterocycles. The number of hydrogen-bond acceptors (Lipinski definition) is 6. The number of alkyl halides is 3. The highest BCUT2D eigenvalue weighted by atomic mass is 32.2. The summed E-state index contributed by atoms with van der Waals surface area (Å²) in [5.41, 5.74) is 0.416. The molecule has 0 aliphatic carbocycles. The average molecular weight is 503 g/mol. The van der Waals surface area contributed by atoms with Crippen LogP contribution >= 0.6 is 0 Å². The number of sulfonamides is 1. The van der Waals surface area contributed by atoms with Crippen LogP contribution in [0.5, 0.6) is 11.5 Å². The Morgan fingerprint density at radius 3 is 2.38 bits per heavy atom. The number of carbonyl (C=O) groups excluding carboxylic acids is 1. The molecule has 1 saturated heterocycles. The van der Waals surface area contributed by atoms with Crippen LogP contribution in [0.1, 0.15) is 25.3 Å². The predicted molar refractivity (Wildman–Crippen MR) is 118 cm³/mol. The maximum atomic E-state index is 13.0. The van der Waals surface area contributed by atoms with E-state index in [4.69, 9.17) is 9.47 Å². The van der Waals surface area contributed by atoms with Gasteiger partial charge in [0.25, 0.3) is 10.0 Å². The molecule has 186 valence electrons. The molecule has 12 heteroatoms. The van der Waals surface area contributed by atoms with Gasteiger partial charge in [-0.15, -0.1) is 13.2 Å². The molecule has 2 N–H and O–H groups in total. The topological polar surface area (TPSA) is 103 Å². The predicted octanol–water partition coefficient (Wildman–Crippen LogP) is 4.46. The van der Waals surface area contributed by atoms with E-state index in [0.717, 1.165) is 6.07 Å². The second kappa shape index (κ2) is 10.5. The van der Waals surface area contributed by atoms with Crippen molar-refractivity contribution in [1.82, 2.24) is 0 Å². The van der Waals surface area contributed by atoms with Crippen molar-refractivity contribution in [2.24, 2.45) is 5.92 Å². The van der Waals surface area contributed by atoms with Crippen LogP contribution in [-0.4, -0.2) is 40.5 Å². The Morgan fingerprint density at radius 1 is 1.09 bits per heavy atom. The van der Waals surface area contributed by atoms with Crippen LogP contribution < -0.4 is 19.5 Å². The lowest BCUT2D eigenvalue weighted by Gasteiger charge is -2.21. The van der Waals surface area contributed by atoms with Gasteiger partial charge < -0.3 is 19.5 Å². The van der Waals surface area contributed by atoms with Crippen LogP contribution in [0.4, 0.5) is 24.5 Å². The fourth-order valence-corrected chi connectivity index (χ4v) is 4.57. The molecule has 1 fully saturated rings. The molecular formula is C22H25F3N2O6S. The molecule has 0 bridgehead atoms. The summed E-state index contributed by atoms with van der Waals surface area (Å²) >= 11 is 0. The number of anilines is 2. The number of aryl methyl sites for hydroxylation is 1. The summed E-state index contributed by atoms with van der Waals surface area (Å²) in [6.45, 7) is 4.21. The van der Waals surface area contributed by atoms with Gasteiger partial charge in [0.2, 0.25) is 5.91 Å². The smallest absolute Gasteiger partial charge is 0.492 e. The Bertz CT molecular complexity index is 1130. The molecule has 0 saturated carbocycles. The highest BCUT2D eigenvalue weighted by molar-refractivity contribution is 7.92. The SMILES string of the molecule is CCOc1cc(NC(=O)C2CCOCC2)ccc1S(=O)(=O)Nc1ccc(C)c(OC(F)(F)F)c1. The monoisotopic (exact) mass is 502 g/mol. The zero-order chi connectivity index (χ0) is 24.9. The van der Waals surface area contributed by atoms with Gasteiger partial charge in [0.1, 0.15) is 16.4 Å². The molecule has 1 aliphatic rings. The molecule has 1 amide bonds. The van der Waals surface area contributed by atoms with Crippen LogP contribution in [0.15, 0.2) is 41.3 Å². The largest absolute Gasteiger partial charge is 0.573 e. The minimum absolute atomic E-state index is 0.0151. The average Bonchev–Trinajstić information content (AvgIpc) is 2.76. The Morgan fingerprint density at radius 2 is 1.74 bits per heavy atom. The molecule has 0 radical (unpaired) electrons. The fourth-order valence-electron chi connectivity index (χ4n) is 3.39. The van der Waals surface area contributed by atoms with Gasteiger partial charge in [0.05, 0.1) is 12.3 Å². The Labute approximate surface area is 195 Å². The number of ether oxygens (including phenoxy) is 3. The van der Waals surface area contributed by atoms with Gasteiger partial charge in [-0.3, -0.25) is 9.52 Å². The summed E-state index contributed by atoms with van der Waals surface area (Å²) < 4.78 is 80.8. The highest BCUT2D eigenvalue weighted by Crippen LogP contribution is 2.32. The summed E-state index contributed by atoms with van der Waals surface area (Å²) in [4.78, 5) is 12.2. The second-order valence-corrected chi connectivity index (χ2v) is 9.25. The molecule has 2 aromatic carbocycles. The minimum Gasteiger partial charge on any atom is -0.492 e. The van der Waals surface area contributed by atoms with E-state index in [1.165, 1.54) is 37.3 Å². The minimum atomic E-state index is -4.92. The summed E-state index contributed by atoms with van der Waals surface area (Å²) in [5.74, 6) is -0.942. The zero-order valence-corrected chi connectivity index (χ0v) is 19.4. The molecule has 2 aromatic rings. The molecule has 0 atom stereocenters. The standard InChI is InChI=1S/C22H25F3N2O6S/c1-3-32-19-12-16(26-21(28)15-8-10-31-11-9-15)6-7-20(19)34(29,30)27-17-5-4-14(2)18(13-17)33-22(23,24)25/h4-7,12-13,15,27H,3,8-11H2,1-2H3,(H,26,28). The quantitative estimate of drug-likeness (QED) is 0.553. The molecular weight excluding hydrogens is 477 g/mol. The number of benzene rings is 2. The van der Waals surface area contributed by atoms with E-state index in [-0.39, 0.29) is 40.3 Å². The van der Waals surface area contributed by atoms with Crippen molar-refractivity contribution in [3.05, 3.63) is 42.0 Å². The third kappa shape index (κ3) is 6.76. The van der Waals surface area contributed by atoms with Gasteiger partial charge in [0.15, 0.2) is 0 Å². The maximum absolute atomic E-state index is 13.0. The zero-order valence-electron chi connectivity index (χ0n) is 18.6. The maximum Gasteiger partial charge on any atom is 0.573 e. The van der Waals surface area contributed by atoms with Gasteiger partial charge in [-0.2, -0.15) is 0 Å². The van der Waals surface area contributed by atoms with Crippen molar-refractivity contribution in [2.75, 3.05) is 29.9 Å². The number of amides is 1. The van der Waals surface area contributed by atoms with Gasteiger partial charge in [-0.25, -0.2) is 8.42 Å². The number of carbonyl (C=O) groups is 1. The van der Waals surface area contributed by atoms with E-state index in [1.807, 2.05) is 0 Å². The lowest BCUT2D eigenvalue weighted by Crippen LogP contribution is -2.28. The number of rotatable bonds is 8. The van der Waals surface area contributed by atoms with Crippen LogP contribution in [0.25, 0.3) is 0 Å². The van der Waals surface area contributed by atoms with Gasteiger partial charge in [-0.05, 0) is 50.5 Å². The number of halogens is 3. The second-order valence-electron chi connectivity index (χ2n) is 7.60. The molecule has 0 unspecified atom stereocenters. The summed E-state index contributed by atoms with van der Waals surface area (Å²) in [5, 5.41) is 2.76. The van der Waals surface area contributed by atoms with Crippen LogP contribution in [0.2, 0.25) is 0 Å². The van der Waals surface area contributed by atoms with Crippen LogP contribution in [0.3, 0.4) is 0 Å². The third-order valence-corrected chi connectivity index (χ3v) is 6.48. The highest BCUT2D eigenvalue weighted by Gasteiger charge is 2.32. The van der Waals surface area contributed by atoms with Crippen molar-refractivity contribution in [2.45, 2.75) is 37.9 Å². The molecule has 3 rings (SSSR count). The van der Waals surface area contributed by atoms with Gasteiger partial charge in [-0.1, -0.05) is 6.07 Å². The molecule has 0 aromatic heterocycles. The van der Waals surface area contributed by atoms with Crippen molar-refractivity contribution >= 4 is 27.3 Å². The van der Waals surface area contributed by atoms with E-state index in [0.29, 0.717) is 31.7 Å². The Balaban J connectivity index is 1.83. The molecule has 1 aliphatic heterocycles. The summed E-state index contributed by atoms with van der Waals surface area (Å²) in [6.07, 6.45) is -3.73. The normalized spacial score (nSPS) is 15.0. The van der Waals surface area contributed by atoms with E-state index in [2.05, 4.69) is 14.8 Å². The van der Waals surface area contributed by atoms with Crippen molar-refractivity contribution in [3.63, 3.8) is 0 Å². The molecule has 0 spiro atoms. The summed E-state index contributed by atoms with van der Waals surface area (Å²) in [7, 11) is -4.25. The first-order valence-electron chi connectivity index (χ1n) is 10.5. The molecule has 8 nitrogen and oxygen atoms in total.